The molecular formula is C52H85N5O22. The van der Waals surface area contributed by atoms with E-state index in [2.05, 4.69) is 6.92 Å². The van der Waals surface area contributed by atoms with Crippen LogP contribution >= 0.6 is 0 Å². The third-order valence-electron chi connectivity index (χ3n) is 15.1. The van der Waals surface area contributed by atoms with E-state index in [4.69, 9.17) is 57.8 Å². The highest BCUT2D eigenvalue weighted by Gasteiger charge is 2.57. The first-order valence-electron chi connectivity index (χ1n) is 27.2. The van der Waals surface area contributed by atoms with E-state index < -0.39 is 170 Å². The van der Waals surface area contributed by atoms with E-state index in [1.54, 1.807) is 13.8 Å². The van der Waals surface area contributed by atoms with Crippen LogP contribution in [0.25, 0.3) is 0 Å². The van der Waals surface area contributed by atoms with Crippen LogP contribution in [-0.2, 0) is 76.1 Å². The van der Waals surface area contributed by atoms with Crippen molar-refractivity contribution in [2.24, 2.45) is 11.7 Å². The number of amides is 1. The monoisotopic (exact) mass is 1130 g/mol. The Morgan fingerprint density at radius 1 is 0.759 bits per heavy atom. The summed E-state index contributed by atoms with van der Waals surface area (Å²) in [4.78, 5) is 98.7. The molecule has 4 aliphatic heterocycles. The van der Waals surface area contributed by atoms with Gasteiger partial charge in [-0.25, -0.2) is 9.59 Å². The van der Waals surface area contributed by atoms with Crippen molar-refractivity contribution in [3.8, 4) is 0 Å². The average molecular weight is 1130 g/mol. The number of aliphatic hydroxyl groups excluding tert-OH is 4. The summed E-state index contributed by atoms with van der Waals surface area (Å²) in [5, 5.41) is 44.7. The van der Waals surface area contributed by atoms with E-state index in [-0.39, 0.29) is 25.8 Å². The van der Waals surface area contributed by atoms with Gasteiger partial charge in [0.1, 0.15) is 79.3 Å². The van der Waals surface area contributed by atoms with Crippen LogP contribution in [0.1, 0.15) is 110 Å². The maximum Gasteiger partial charge on any atom is 0.332 e. The van der Waals surface area contributed by atoms with Crippen LogP contribution in [0.5, 0.6) is 0 Å². The summed E-state index contributed by atoms with van der Waals surface area (Å²) >= 11 is 0. The Kier molecular flexibility index (Phi) is 25.7. The third kappa shape index (κ3) is 16.8. The molecule has 4 aliphatic rings. The number of carbonyl (C=O) groups excluding carboxylic acids is 5. The van der Waals surface area contributed by atoms with Crippen LogP contribution in [0, 0.1) is 5.92 Å². The van der Waals surface area contributed by atoms with Crippen LogP contribution in [0.4, 0.5) is 0 Å². The Labute approximate surface area is 459 Å². The summed E-state index contributed by atoms with van der Waals surface area (Å²) in [5.41, 5.74) is 3.99. The van der Waals surface area contributed by atoms with Gasteiger partial charge in [-0.3, -0.25) is 38.4 Å². The van der Waals surface area contributed by atoms with Crippen molar-refractivity contribution >= 4 is 29.8 Å². The molecule has 79 heavy (non-hydrogen) atoms. The van der Waals surface area contributed by atoms with Crippen molar-refractivity contribution in [3.63, 3.8) is 0 Å². The molecule has 0 spiro atoms. The van der Waals surface area contributed by atoms with Gasteiger partial charge >= 0.3 is 29.6 Å². The first-order chi connectivity index (χ1) is 37.6. The van der Waals surface area contributed by atoms with E-state index in [1.165, 1.54) is 46.7 Å². The number of likely N-dealkylation sites (N-methyl/N-ethyl adjacent to an activating group) is 2. The fourth-order valence-electron chi connectivity index (χ4n) is 10.8. The van der Waals surface area contributed by atoms with Crippen LogP contribution in [0.15, 0.2) is 21.9 Å². The zero-order chi connectivity index (χ0) is 58.2. The smallest absolute Gasteiger partial charge is 0.332 e. The maximum atomic E-state index is 14.9. The average Bonchev–Trinajstić information content (AvgIpc) is 3.84. The van der Waals surface area contributed by atoms with Gasteiger partial charge in [0.05, 0.1) is 19.6 Å². The molecule has 12 unspecified atom stereocenters. The lowest BCUT2D eigenvalue weighted by Gasteiger charge is -2.43. The summed E-state index contributed by atoms with van der Waals surface area (Å²) in [6.07, 6.45) is -12.0. The normalized spacial score (nSPS) is 32.5. The van der Waals surface area contributed by atoms with Gasteiger partial charge in [-0.15, -0.1) is 0 Å². The van der Waals surface area contributed by atoms with Crippen molar-refractivity contribution in [2.45, 2.75) is 214 Å². The molecule has 450 valence electrons. The van der Waals surface area contributed by atoms with Crippen LogP contribution in [-0.4, -0.2) is 229 Å². The standard InChI is InChI=1S/C52H85N5O22/c1-10-11-12-13-14-15-16-17-18-19-29(74-33(59)22-27(2)23-34(60)77-51-46(71-8)45(70-7)42(69-6)28(3)73-51)24-35(61)75-31-26-55(4)37(47(66)56(5)36(31)49(67)72-9)43(79-50-41(65)38(62)30(25-53)76-50)44-39(63)40(64)48(78-44)57-21-20-32(58)54-52(57)68/h20-21,27-31,36-46,48,50-51,62-65H,10-19,22-26,53H2,1-9H3,(H,54,58,68)/t27?,28?,29?,30-,31+,36?,37?,38-,39+,40-,41-,42?,43+,44?,45?,46?,48?,50?,51?/m1/s1. The molecule has 1 aromatic heterocycles. The second kappa shape index (κ2) is 31.1. The molecule has 5 rings (SSSR count). The molecule has 5 heterocycles. The summed E-state index contributed by atoms with van der Waals surface area (Å²) in [7, 11) is 8.10. The minimum Gasteiger partial charge on any atom is -0.467 e. The van der Waals surface area contributed by atoms with Crippen molar-refractivity contribution in [3.05, 3.63) is 33.1 Å². The number of aromatic amines is 1. The molecule has 27 nitrogen and oxygen atoms in total. The van der Waals surface area contributed by atoms with Crippen molar-refractivity contribution in [1.82, 2.24) is 19.4 Å². The number of carbonyl (C=O) groups is 5. The topological polar surface area (TPSA) is 355 Å². The van der Waals surface area contributed by atoms with E-state index in [9.17, 15) is 54.0 Å². The number of aliphatic hydroxyl groups is 4. The predicted molar refractivity (Wildman–Crippen MR) is 274 cm³/mol. The van der Waals surface area contributed by atoms with Crippen molar-refractivity contribution < 1.29 is 96.5 Å². The molecular weight excluding hydrogens is 1050 g/mol. The summed E-state index contributed by atoms with van der Waals surface area (Å²) in [6, 6.07) is -2.29. The number of nitrogens with zero attached hydrogens (tertiary/aromatic N) is 3. The third-order valence-corrected chi connectivity index (χ3v) is 15.1. The van der Waals surface area contributed by atoms with Crippen LogP contribution in [0.3, 0.4) is 0 Å². The Morgan fingerprint density at radius 3 is 1.97 bits per heavy atom. The minimum absolute atomic E-state index is 0.203. The lowest BCUT2D eigenvalue weighted by atomic mass is 9.97. The summed E-state index contributed by atoms with van der Waals surface area (Å²) < 4.78 is 64.2. The Balaban J connectivity index is 1.35. The number of hydrogen-bond donors (Lipinski definition) is 6. The van der Waals surface area contributed by atoms with Crippen molar-refractivity contribution in [2.75, 3.05) is 55.6 Å². The van der Waals surface area contributed by atoms with Crippen molar-refractivity contribution in [1.29, 1.82) is 0 Å². The second-order valence-corrected chi connectivity index (χ2v) is 20.9. The number of methoxy groups -OCH3 is 4. The number of H-pyrrole nitrogens is 1. The van der Waals surface area contributed by atoms with E-state index in [1.807, 2.05) is 4.98 Å². The maximum absolute atomic E-state index is 14.9. The van der Waals surface area contributed by atoms with Gasteiger partial charge < -0.3 is 83.2 Å². The van der Waals surface area contributed by atoms with Gasteiger partial charge in [-0.1, -0.05) is 65.2 Å². The highest BCUT2D eigenvalue weighted by atomic mass is 16.7. The van der Waals surface area contributed by atoms with Gasteiger partial charge in [-0.2, -0.15) is 0 Å². The van der Waals surface area contributed by atoms with E-state index in [0.29, 0.717) is 6.42 Å². The molecule has 0 aromatic carbocycles. The number of esters is 4. The van der Waals surface area contributed by atoms with Gasteiger partial charge in [0.25, 0.3) is 5.56 Å². The molecule has 0 aliphatic carbocycles. The molecule has 0 bridgehead atoms. The van der Waals surface area contributed by atoms with E-state index >= 15 is 0 Å². The highest BCUT2D eigenvalue weighted by Crippen LogP contribution is 2.37. The number of aromatic nitrogens is 2. The first kappa shape index (κ1) is 65.3. The Morgan fingerprint density at radius 2 is 1.38 bits per heavy atom. The second-order valence-electron chi connectivity index (χ2n) is 20.9. The molecule has 1 amide bonds. The summed E-state index contributed by atoms with van der Waals surface area (Å²) in [5.74, 6) is -4.79. The molecule has 1 aromatic rings. The lowest BCUT2D eigenvalue weighted by molar-refractivity contribution is -0.297. The largest absolute Gasteiger partial charge is 0.467 e. The zero-order valence-electron chi connectivity index (χ0n) is 46.8. The molecule has 0 radical (unpaired) electrons. The lowest BCUT2D eigenvalue weighted by Crippen LogP contribution is -2.59. The minimum atomic E-state index is -1.94. The zero-order valence-corrected chi connectivity index (χ0v) is 46.8. The van der Waals surface area contributed by atoms with Gasteiger partial charge in [0, 0.05) is 66.6 Å². The fraction of sp³-hybridized carbons (Fsp3) is 0.827. The molecule has 19 atom stereocenters. The van der Waals surface area contributed by atoms with Gasteiger partial charge in [0.2, 0.25) is 12.2 Å². The van der Waals surface area contributed by atoms with Gasteiger partial charge in [-0.05, 0) is 32.7 Å². The summed E-state index contributed by atoms with van der Waals surface area (Å²) in [6.45, 7) is 4.87. The molecule has 27 heteroatoms. The van der Waals surface area contributed by atoms with Gasteiger partial charge in [0.15, 0.2) is 18.6 Å². The Bertz CT molecular complexity index is 2240. The molecule has 4 saturated heterocycles. The number of rotatable bonds is 29. The van der Waals surface area contributed by atoms with Crippen LogP contribution in [0.2, 0.25) is 0 Å². The predicted octanol–water partition coefficient (Wildman–Crippen LogP) is -0.856. The van der Waals surface area contributed by atoms with Crippen LogP contribution < -0.4 is 17.0 Å². The number of ether oxygens (including phenoxy) is 11. The number of nitrogens with two attached hydrogens (primary N) is 1. The van der Waals surface area contributed by atoms with E-state index in [0.717, 1.165) is 73.8 Å². The number of hydrogen-bond acceptors (Lipinski definition) is 24. The number of nitrogens with one attached hydrogen (secondary N) is 1. The quantitative estimate of drug-likeness (QED) is 0.0323. The molecule has 0 saturated carbocycles. The Hall–Kier alpha value is -4.49. The SMILES string of the molecule is CCCCCCCCCCCC(CC(=O)O[C@H]1CN(C)C([C@H](OC2O[C@H](CN)[C@@H](O)[C@H]2O)C2OC(n3ccc(=O)[nH]c3=O)[C@H](O)[C@@H]2O)C(=O)N(C)C1C(=O)OC)OC(=O)CC(C)CC(=O)OC1OC(C)C(OC)C(OC)C1OC. The fourth-order valence-corrected chi connectivity index (χ4v) is 10.8. The molecule has 7 N–H and O–H groups in total. The molecule has 4 fully saturated rings. The first-order valence-corrected chi connectivity index (χ1v) is 27.2. The highest BCUT2D eigenvalue weighted by molar-refractivity contribution is 5.89. The number of unbranched alkanes of at least 4 members (excludes halogenated alkanes) is 8.